The van der Waals surface area contributed by atoms with Gasteiger partial charge in [-0.05, 0) is 73.9 Å². The molecule has 4 bridgehead atoms. The fourth-order valence-corrected chi connectivity index (χ4v) is 8.29. The first-order valence-corrected chi connectivity index (χ1v) is 12.5. The van der Waals surface area contributed by atoms with E-state index in [1.807, 2.05) is 0 Å². The van der Waals surface area contributed by atoms with Gasteiger partial charge in [0.15, 0.2) is 0 Å². The van der Waals surface area contributed by atoms with Crippen LogP contribution in [0.15, 0.2) is 12.2 Å². The van der Waals surface area contributed by atoms with E-state index in [9.17, 15) is 4.79 Å². The van der Waals surface area contributed by atoms with Crippen LogP contribution in [0.2, 0.25) is 19.1 Å². The second kappa shape index (κ2) is 5.22. The molecule has 0 aromatic carbocycles. The molecule has 0 N–H and O–H groups in total. The van der Waals surface area contributed by atoms with E-state index < -0.39 is 8.32 Å². The molecule has 0 aromatic heterocycles. The highest BCUT2D eigenvalue weighted by Crippen LogP contribution is 2.67. The zero-order chi connectivity index (χ0) is 15.5. The van der Waals surface area contributed by atoms with Gasteiger partial charge in [-0.15, -0.1) is 0 Å². The zero-order valence-corrected chi connectivity index (χ0v) is 15.3. The van der Waals surface area contributed by atoms with Gasteiger partial charge in [-0.3, -0.25) is 4.79 Å². The summed E-state index contributed by atoms with van der Waals surface area (Å²) in [6, 6.07) is 1.12. The van der Waals surface area contributed by atoms with Gasteiger partial charge in [0.25, 0.3) is 5.97 Å². The van der Waals surface area contributed by atoms with Crippen molar-refractivity contribution in [1.29, 1.82) is 0 Å². The van der Waals surface area contributed by atoms with E-state index in [-0.39, 0.29) is 11.9 Å². The quantitative estimate of drug-likeness (QED) is 0.420. The van der Waals surface area contributed by atoms with Gasteiger partial charge in [-0.25, -0.2) is 0 Å². The van der Waals surface area contributed by atoms with E-state index in [2.05, 4.69) is 32.2 Å². The smallest absolute Gasteiger partial charge is 0.295 e. The van der Waals surface area contributed by atoms with Crippen molar-refractivity contribution in [2.75, 3.05) is 0 Å². The predicted molar refractivity (Wildman–Crippen MR) is 90.7 cm³/mol. The van der Waals surface area contributed by atoms with E-state index in [0.29, 0.717) is 5.92 Å². The van der Waals surface area contributed by atoms with Gasteiger partial charge in [-0.1, -0.05) is 31.9 Å². The number of hydrogen-bond acceptors (Lipinski definition) is 2. The van der Waals surface area contributed by atoms with Crippen LogP contribution in [-0.2, 0) is 9.22 Å². The summed E-state index contributed by atoms with van der Waals surface area (Å²) in [5, 5.41) is 0. The van der Waals surface area contributed by atoms with Gasteiger partial charge in [0.2, 0.25) is 8.32 Å². The van der Waals surface area contributed by atoms with Crippen LogP contribution >= 0.6 is 0 Å². The predicted octanol–water partition coefficient (Wildman–Crippen LogP) is 4.63. The van der Waals surface area contributed by atoms with Gasteiger partial charge in [0, 0.05) is 0 Å². The van der Waals surface area contributed by atoms with Crippen LogP contribution in [0, 0.1) is 41.4 Å². The van der Waals surface area contributed by atoms with E-state index >= 15 is 0 Å². The van der Waals surface area contributed by atoms with Crippen LogP contribution in [0.1, 0.15) is 39.0 Å². The summed E-state index contributed by atoms with van der Waals surface area (Å²) >= 11 is 0. The van der Waals surface area contributed by atoms with Crippen molar-refractivity contribution in [1.82, 2.24) is 0 Å². The highest BCUT2D eigenvalue weighted by atomic mass is 28.4. The van der Waals surface area contributed by atoms with Gasteiger partial charge < -0.3 is 4.43 Å². The highest BCUT2D eigenvalue weighted by molar-refractivity contribution is 6.72. The van der Waals surface area contributed by atoms with Crippen molar-refractivity contribution in [2.24, 2.45) is 41.4 Å². The molecular weight excluding hydrogens is 288 g/mol. The standard InChI is InChI=1S/C19H30O2Si/c1-4-5-8-22(2,3)21-19(20)16-11-14-10-15(16)18-13-7-6-12(9-13)17(14)18/h6-7,12-18H,4-5,8-11H2,1-3H3. The van der Waals surface area contributed by atoms with E-state index in [1.54, 1.807) is 0 Å². The van der Waals surface area contributed by atoms with E-state index in [1.165, 1.54) is 25.7 Å². The molecule has 0 spiro atoms. The minimum atomic E-state index is -1.80. The fraction of sp³-hybridized carbons (Fsp3) is 0.842. The summed E-state index contributed by atoms with van der Waals surface area (Å²) in [7, 11) is -1.80. The number of carbonyl (C=O) groups excluding carboxylic acids is 1. The molecule has 7 unspecified atom stereocenters. The lowest BCUT2D eigenvalue weighted by Crippen LogP contribution is -2.40. The minimum absolute atomic E-state index is 0.172. The average molecular weight is 319 g/mol. The lowest BCUT2D eigenvalue weighted by Gasteiger charge is -2.37. The second-order valence-electron chi connectivity index (χ2n) is 8.89. The summed E-state index contributed by atoms with van der Waals surface area (Å²) in [6.45, 7) is 6.65. The molecule has 4 rings (SSSR count). The molecule has 0 saturated heterocycles. The van der Waals surface area contributed by atoms with Crippen molar-refractivity contribution >= 4 is 14.3 Å². The summed E-state index contributed by atoms with van der Waals surface area (Å²) in [6.07, 6.45) is 11.1. The lowest BCUT2D eigenvalue weighted by molar-refractivity contribution is -0.143. The third kappa shape index (κ3) is 2.23. The molecule has 2 nitrogen and oxygen atoms in total. The van der Waals surface area contributed by atoms with Gasteiger partial charge in [0.05, 0.1) is 5.92 Å². The minimum Gasteiger partial charge on any atom is -0.519 e. The van der Waals surface area contributed by atoms with Gasteiger partial charge >= 0.3 is 0 Å². The van der Waals surface area contributed by atoms with Gasteiger partial charge in [-0.2, -0.15) is 0 Å². The van der Waals surface area contributed by atoms with Crippen molar-refractivity contribution in [3.63, 3.8) is 0 Å². The number of rotatable bonds is 5. The van der Waals surface area contributed by atoms with Crippen LogP contribution in [0.3, 0.4) is 0 Å². The van der Waals surface area contributed by atoms with Crippen LogP contribution < -0.4 is 0 Å². The molecule has 0 heterocycles. The Kier molecular flexibility index (Phi) is 3.56. The maximum absolute atomic E-state index is 12.8. The molecule has 0 aliphatic heterocycles. The molecule has 0 radical (unpaired) electrons. The molecule has 7 atom stereocenters. The molecule has 3 fully saturated rings. The van der Waals surface area contributed by atoms with Gasteiger partial charge in [0.1, 0.15) is 0 Å². The molecule has 122 valence electrons. The normalized spacial score (nSPS) is 44.6. The Balaban J connectivity index is 1.43. The Morgan fingerprint density at radius 3 is 2.59 bits per heavy atom. The third-order valence-corrected chi connectivity index (χ3v) is 9.39. The second-order valence-corrected chi connectivity index (χ2v) is 13.1. The molecule has 4 aliphatic carbocycles. The molecular formula is C19H30O2Si. The molecule has 4 aliphatic rings. The Bertz CT molecular complexity index is 498. The first kappa shape index (κ1) is 15.0. The number of hydrogen-bond donors (Lipinski definition) is 0. The Hall–Kier alpha value is -0.573. The maximum Gasteiger partial charge on any atom is 0.295 e. The van der Waals surface area contributed by atoms with Crippen molar-refractivity contribution in [2.45, 2.75) is 58.2 Å². The maximum atomic E-state index is 12.8. The highest BCUT2D eigenvalue weighted by Gasteiger charge is 2.62. The van der Waals surface area contributed by atoms with Crippen LogP contribution in [0.5, 0.6) is 0 Å². The zero-order valence-electron chi connectivity index (χ0n) is 14.3. The monoisotopic (exact) mass is 318 g/mol. The first-order valence-electron chi connectivity index (χ1n) is 9.41. The van der Waals surface area contributed by atoms with E-state index in [0.717, 1.165) is 42.1 Å². The van der Waals surface area contributed by atoms with Crippen molar-refractivity contribution < 1.29 is 9.22 Å². The molecule has 0 aromatic rings. The summed E-state index contributed by atoms with van der Waals surface area (Å²) < 4.78 is 6.09. The largest absolute Gasteiger partial charge is 0.519 e. The third-order valence-electron chi connectivity index (χ3n) is 7.08. The number of carbonyl (C=O) groups is 1. The molecule has 3 saturated carbocycles. The molecule has 0 amide bonds. The summed E-state index contributed by atoms with van der Waals surface area (Å²) in [4.78, 5) is 12.8. The first-order chi connectivity index (χ1) is 10.5. The molecule has 22 heavy (non-hydrogen) atoms. The lowest BCUT2D eigenvalue weighted by atomic mass is 9.69. The van der Waals surface area contributed by atoms with Crippen molar-refractivity contribution in [3.05, 3.63) is 12.2 Å². The number of allylic oxidation sites excluding steroid dienone is 2. The summed E-state index contributed by atoms with van der Waals surface area (Å²) in [5.74, 6) is 5.20. The van der Waals surface area contributed by atoms with Crippen LogP contribution in [0.4, 0.5) is 0 Å². The molecule has 3 heteroatoms. The Morgan fingerprint density at radius 2 is 1.86 bits per heavy atom. The van der Waals surface area contributed by atoms with Crippen LogP contribution in [0.25, 0.3) is 0 Å². The number of fused-ring (bicyclic) bond motifs is 9. The topological polar surface area (TPSA) is 26.3 Å². The number of unbranched alkanes of at least 4 members (excludes halogenated alkanes) is 1. The average Bonchev–Trinajstić information content (AvgIpc) is 3.21. The summed E-state index contributed by atoms with van der Waals surface area (Å²) in [5.41, 5.74) is 0. The van der Waals surface area contributed by atoms with Crippen LogP contribution in [-0.4, -0.2) is 14.3 Å². The van der Waals surface area contributed by atoms with E-state index in [4.69, 9.17) is 4.43 Å². The SMILES string of the molecule is CCCC[Si](C)(C)OC(=O)C1CC2CC1C1C3C=CC(C3)C21. The Labute approximate surface area is 135 Å². The fourth-order valence-electron chi connectivity index (χ4n) is 6.29. The Morgan fingerprint density at radius 1 is 1.14 bits per heavy atom. The van der Waals surface area contributed by atoms with Crippen molar-refractivity contribution in [3.8, 4) is 0 Å².